The zero-order valence-corrected chi connectivity index (χ0v) is 14.0. The largest absolute Gasteiger partial charge is 0.366 e. The minimum absolute atomic E-state index is 0.633. The molecule has 3 aromatic rings. The van der Waals surface area contributed by atoms with Crippen LogP contribution in [0.2, 0.25) is 0 Å². The number of hydrogen-bond donors (Lipinski definition) is 2. The molecule has 5 nitrogen and oxygen atoms in total. The number of benzene rings is 1. The van der Waals surface area contributed by atoms with Crippen molar-refractivity contribution in [3.63, 3.8) is 0 Å². The van der Waals surface area contributed by atoms with Gasteiger partial charge in [0.05, 0.1) is 0 Å². The van der Waals surface area contributed by atoms with Crippen LogP contribution in [0.4, 0.5) is 11.8 Å². The molecule has 2 aromatic heterocycles. The lowest BCUT2D eigenvalue weighted by Gasteiger charge is -2.10. The lowest BCUT2D eigenvalue weighted by Crippen LogP contribution is -2.08. The second-order valence-electron chi connectivity index (χ2n) is 5.77. The third kappa shape index (κ3) is 4.52. The second kappa shape index (κ2) is 7.55. The standard InChI is InChI=1S/C19H21N5/c1-14-4-3-5-17(10-14)13-22-19-23-15(2)11-18(24-19)21-12-16-6-8-20-9-7-16/h3-11H,12-13H2,1-2H3,(H2,21,22,23,24). The summed E-state index contributed by atoms with van der Waals surface area (Å²) in [6.07, 6.45) is 3.58. The number of aryl methyl sites for hydroxylation is 2. The van der Waals surface area contributed by atoms with Gasteiger partial charge in [-0.15, -0.1) is 0 Å². The number of hydrogen-bond acceptors (Lipinski definition) is 5. The van der Waals surface area contributed by atoms with E-state index in [1.807, 2.05) is 25.1 Å². The number of pyridine rings is 1. The van der Waals surface area contributed by atoms with E-state index in [9.17, 15) is 0 Å². The van der Waals surface area contributed by atoms with Gasteiger partial charge in [-0.2, -0.15) is 4.98 Å². The Morgan fingerprint density at radius 1 is 0.833 bits per heavy atom. The molecule has 0 aliphatic carbocycles. The average molecular weight is 319 g/mol. The summed E-state index contributed by atoms with van der Waals surface area (Å²) in [7, 11) is 0. The predicted molar refractivity (Wildman–Crippen MR) is 96.8 cm³/mol. The van der Waals surface area contributed by atoms with Gasteiger partial charge in [0, 0.05) is 37.2 Å². The van der Waals surface area contributed by atoms with Gasteiger partial charge in [0.1, 0.15) is 5.82 Å². The Balaban J connectivity index is 1.65. The number of nitrogens with zero attached hydrogens (tertiary/aromatic N) is 3. The molecule has 0 bridgehead atoms. The molecule has 0 atom stereocenters. The van der Waals surface area contributed by atoms with Gasteiger partial charge in [-0.3, -0.25) is 4.98 Å². The Labute approximate surface area is 142 Å². The number of anilines is 2. The van der Waals surface area contributed by atoms with Crippen molar-refractivity contribution in [2.24, 2.45) is 0 Å². The molecule has 0 spiro atoms. The van der Waals surface area contributed by atoms with Crippen molar-refractivity contribution in [1.82, 2.24) is 15.0 Å². The van der Waals surface area contributed by atoms with Crippen molar-refractivity contribution in [1.29, 1.82) is 0 Å². The minimum Gasteiger partial charge on any atom is -0.366 e. The van der Waals surface area contributed by atoms with E-state index >= 15 is 0 Å². The molecule has 0 radical (unpaired) electrons. The van der Waals surface area contributed by atoms with Gasteiger partial charge in [0.25, 0.3) is 0 Å². The van der Waals surface area contributed by atoms with Gasteiger partial charge in [-0.05, 0) is 37.1 Å². The highest BCUT2D eigenvalue weighted by molar-refractivity contribution is 5.43. The van der Waals surface area contributed by atoms with Gasteiger partial charge in [0.15, 0.2) is 0 Å². The molecule has 0 amide bonds. The maximum absolute atomic E-state index is 4.54. The van der Waals surface area contributed by atoms with E-state index in [0.29, 0.717) is 19.0 Å². The molecule has 0 saturated heterocycles. The lowest BCUT2D eigenvalue weighted by molar-refractivity contribution is 1.01. The van der Waals surface area contributed by atoms with Gasteiger partial charge >= 0.3 is 0 Å². The summed E-state index contributed by atoms with van der Waals surface area (Å²) >= 11 is 0. The molecule has 0 fully saturated rings. The quantitative estimate of drug-likeness (QED) is 0.725. The van der Waals surface area contributed by atoms with Gasteiger partial charge in [0.2, 0.25) is 5.95 Å². The molecule has 2 heterocycles. The molecule has 122 valence electrons. The third-order valence-electron chi connectivity index (χ3n) is 3.61. The molecule has 0 aliphatic heterocycles. The zero-order chi connectivity index (χ0) is 16.8. The predicted octanol–water partition coefficient (Wildman–Crippen LogP) is 3.71. The fourth-order valence-corrected chi connectivity index (χ4v) is 2.43. The second-order valence-corrected chi connectivity index (χ2v) is 5.77. The van der Waals surface area contributed by atoms with E-state index in [-0.39, 0.29) is 0 Å². The number of nitrogens with one attached hydrogen (secondary N) is 2. The maximum atomic E-state index is 4.54. The summed E-state index contributed by atoms with van der Waals surface area (Å²) in [5, 5.41) is 6.63. The fraction of sp³-hybridized carbons (Fsp3) is 0.211. The fourth-order valence-electron chi connectivity index (χ4n) is 2.43. The van der Waals surface area contributed by atoms with Gasteiger partial charge < -0.3 is 10.6 Å². The summed E-state index contributed by atoms with van der Waals surface area (Å²) in [5.41, 5.74) is 4.55. The van der Waals surface area contributed by atoms with E-state index in [1.165, 1.54) is 11.1 Å². The third-order valence-corrected chi connectivity index (χ3v) is 3.61. The Bertz CT molecular complexity index is 802. The molecule has 5 heteroatoms. The molecule has 2 N–H and O–H groups in total. The molecule has 0 saturated carbocycles. The zero-order valence-electron chi connectivity index (χ0n) is 14.0. The number of aromatic nitrogens is 3. The summed E-state index contributed by atoms with van der Waals surface area (Å²) in [6.45, 7) is 5.47. The Morgan fingerprint density at radius 2 is 1.62 bits per heavy atom. The van der Waals surface area contributed by atoms with Crippen LogP contribution in [-0.4, -0.2) is 15.0 Å². The summed E-state index contributed by atoms with van der Waals surface area (Å²) in [5.74, 6) is 1.44. The van der Waals surface area contributed by atoms with Crippen LogP contribution in [0.25, 0.3) is 0 Å². The molecule has 24 heavy (non-hydrogen) atoms. The SMILES string of the molecule is Cc1cccc(CNc2nc(C)cc(NCc3ccncc3)n2)c1. The molecular formula is C19H21N5. The molecular weight excluding hydrogens is 298 g/mol. The van der Waals surface area contributed by atoms with E-state index < -0.39 is 0 Å². The first-order chi connectivity index (χ1) is 11.7. The maximum Gasteiger partial charge on any atom is 0.225 e. The highest BCUT2D eigenvalue weighted by atomic mass is 15.1. The summed E-state index contributed by atoms with van der Waals surface area (Å²) in [4.78, 5) is 13.0. The van der Waals surface area contributed by atoms with Crippen LogP contribution >= 0.6 is 0 Å². The molecule has 1 aromatic carbocycles. The molecule has 0 unspecified atom stereocenters. The van der Waals surface area contributed by atoms with Crippen LogP contribution in [-0.2, 0) is 13.1 Å². The van der Waals surface area contributed by atoms with E-state index in [2.05, 4.69) is 56.8 Å². The highest BCUT2D eigenvalue weighted by Gasteiger charge is 2.03. The smallest absolute Gasteiger partial charge is 0.225 e. The average Bonchev–Trinajstić information content (AvgIpc) is 2.59. The van der Waals surface area contributed by atoms with E-state index in [4.69, 9.17) is 0 Å². The first-order valence-electron chi connectivity index (χ1n) is 7.97. The van der Waals surface area contributed by atoms with Crippen molar-refractivity contribution >= 4 is 11.8 Å². The van der Waals surface area contributed by atoms with Crippen LogP contribution in [0, 0.1) is 13.8 Å². The van der Waals surface area contributed by atoms with Gasteiger partial charge in [-0.25, -0.2) is 4.98 Å². The van der Waals surface area contributed by atoms with Gasteiger partial charge in [-0.1, -0.05) is 29.8 Å². The van der Waals surface area contributed by atoms with Crippen LogP contribution < -0.4 is 10.6 Å². The van der Waals surface area contributed by atoms with Crippen LogP contribution in [0.3, 0.4) is 0 Å². The first kappa shape index (κ1) is 15.9. The summed E-state index contributed by atoms with van der Waals surface area (Å²) in [6, 6.07) is 14.3. The minimum atomic E-state index is 0.633. The van der Waals surface area contributed by atoms with Crippen molar-refractivity contribution in [2.75, 3.05) is 10.6 Å². The first-order valence-corrected chi connectivity index (χ1v) is 7.97. The van der Waals surface area contributed by atoms with Crippen molar-refractivity contribution in [2.45, 2.75) is 26.9 Å². The van der Waals surface area contributed by atoms with Crippen molar-refractivity contribution in [3.8, 4) is 0 Å². The number of rotatable bonds is 6. The van der Waals surface area contributed by atoms with E-state index in [0.717, 1.165) is 17.1 Å². The monoisotopic (exact) mass is 319 g/mol. The van der Waals surface area contributed by atoms with Crippen molar-refractivity contribution < 1.29 is 0 Å². The highest BCUT2D eigenvalue weighted by Crippen LogP contribution is 2.12. The van der Waals surface area contributed by atoms with Crippen LogP contribution in [0.5, 0.6) is 0 Å². The van der Waals surface area contributed by atoms with Crippen LogP contribution in [0.1, 0.15) is 22.4 Å². The normalized spacial score (nSPS) is 10.4. The Hall–Kier alpha value is -2.95. The molecule has 3 rings (SSSR count). The topological polar surface area (TPSA) is 62.7 Å². The Morgan fingerprint density at radius 3 is 2.42 bits per heavy atom. The molecule has 0 aliphatic rings. The summed E-state index contributed by atoms with van der Waals surface area (Å²) < 4.78 is 0. The Kier molecular flexibility index (Phi) is 5.01. The van der Waals surface area contributed by atoms with E-state index in [1.54, 1.807) is 12.4 Å². The van der Waals surface area contributed by atoms with Crippen molar-refractivity contribution in [3.05, 3.63) is 77.2 Å². The lowest BCUT2D eigenvalue weighted by atomic mass is 10.1. The van der Waals surface area contributed by atoms with Crippen LogP contribution in [0.15, 0.2) is 54.9 Å².